The summed E-state index contributed by atoms with van der Waals surface area (Å²) in [4.78, 5) is 12.7. The maximum atomic E-state index is 13.0. The van der Waals surface area contributed by atoms with Crippen molar-refractivity contribution in [3.63, 3.8) is 0 Å². The first-order chi connectivity index (χ1) is 10.7. The molecular weight excluding hydrogens is 303 g/mol. The molecule has 4 rings (SSSR count). The second-order valence-corrected chi connectivity index (χ2v) is 6.93. The molecule has 116 valence electrons. The van der Waals surface area contributed by atoms with Crippen molar-refractivity contribution in [3.05, 3.63) is 23.7 Å². The average molecular weight is 320 g/mol. The van der Waals surface area contributed by atoms with Crippen molar-refractivity contribution < 1.29 is 4.39 Å². The predicted molar refractivity (Wildman–Crippen MR) is 82.6 cm³/mol. The fourth-order valence-electron chi connectivity index (χ4n) is 3.58. The van der Waals surface area contributed by atoms with Crippen LogP contribution < -0.4 is 9.80 Å². The van der Waals surface area contributed by atoms with Crippen LogP contribution in [0.25, 0.3) is 0 Å². The second kappa shape index (κ2) is 5.42. The molecule has 0 saturated carbocycles. The van der Waals surface area contributed by atoms with E-state index in [9.17, 15) is 4.39 Å². The Morgan fingerprint density at radius 1 is 1.09 bits per heavy atom. The van der Waals surface area contributed by atoms with Gasteiger partial charge < -0.3 is 9.80 Å². The van der Waals surface area contributed by atoms with Gasteiger partial charge in [-0.15, -0.1) is 10.2 Å². The third-order valence-electron chi connectivity index (χ3n) is 4.61. The van der Waals surface area contributed by atoms with Crippen molar-refractivity contribution >= 4 is 22.4 Å². The zero-order chi connectivity index (χ0) is 15.0. The van der Waals surface area contributed by atoms with Gasteiger partial charge in [0, 0.05) is 31.6 Å². The van der Waals surface area contributed by atoms with Gasteiger partial charge in [0.2, 0.25) is 11.1 Å². The third-order valence-corrected chi connectivity index (χ3v) is 5.36. The van der Waals surface area contributed by atoms with E-state index in [0.29, 0.717) is 5.95 Å². The molecule has 2 aliphatic heterocycles. The summed E-state index contributed by atoms with van der Waals surface area (Å²) in [5, 5.41) is 9.15. The van der Waals surface area contributed by atoms with E-state index in [4.69, 9.17) is 0 Å². The quantitative estimate of drug-likeness (QED) is 0.843. The molecule has 6 nitrogen and oxygen atoms in total. The van der Waals surface area contributed by atoms with E-state index in [1.807, 2.05) is 0 Å². The van der Waals surface area contributed by atoms with Crippen LogP contribution in [0.1, 0.15) is 19.3 Å². The summed E-state index contributed by atoms with van der Waals surface area (Å²) < 4.78 is 13.0. The van der Waals surface area contributed by atoms with Crippen LogP contribution in [0.15, 0.2) is 17.9 Å². The van der Waals surface area contributed by atoms with E-state index in [2.05, 4.69) is 30.0 Å². The van der Waals surface area contributed by atoms with Crippen LogP contribution in [0, 0.1) is 11.2 Å². The lowest BCUT2D eigenvalue weighted by atomic mass is 9.79. The molecule has 8 heteroatoms. The van der Waals surface area contributed by atoms with Crippen LogP contribution >= 0.6 is 11.3 Å². The Labute approximate surface area is 132 Å². The first-order valence-corrected chi connectivity index (χ1v) is 8.36. The highest BCUT2D eigenvalue weighted by molar-refractivity contribution is 7.13. The fourth-order valence-corrected chi connectivity index (χ4v) is 4.17. The SMILES string of the molecule is Fc1cnc(N2CCC3(CCCN(c4nncs4)C3)C2)nc1. The normalized spacial score (nSPS) is 25.1. The molecule has 4 heterocycles. The topological polar surface area (TPSA) is 58.0 Å². The summed E-state index contributed by atoms with van der Waals surface area (Å²) in [6, 6.07) is 0. The maximum Gasteiger partial charge on any atom is 0.225 e. The van der Waals surface area contributed by atoms with Gasteiger partial charge in [0.1, 0.15) is 5.51 Å². The molecule has 0 bridgehead atoms. The molecule has 0 aliphatic carbocycles. The lowest BCUT2D eigenvalue weighted by molar-refractivity contribution is 0.263. The van der Waals surface area contributed by atoms with E-state index < -0.39 is 5.82 Å². The van der Waals surface area contributed by atoms with Gasteiger partial charge in [-0.25, -0.2) is 14.4 Å². The number of aromatic nitrogens is 4. The van der Waals surface area contributed by atoms with E-state index in [1.54, 1.807) is 16.8 Å². The minimum absolute atomic E-state index is 0.252. The molecule has 2 aromatic rings. The van der Waals surface area contributed by atoms with Crippen LogP contribution in [0.2, 0.25) is 0 Å². The van der Waals surface area contributed by atoms with Gasteiger partial charge in [0.05, 0.1) is 12.4 Å². The molecule has 1 unspecified atom stereocenters. The van der Waals surface area contributed by atoms with Crippen molar-refractivity contribution in [3.8, 4) is 0 Å². The van der Waals surface area contributed by atoms with Crippen molar-refractivity contribution in [2.45, 2.75) is 19.3 Å². The summed E-state index contributed by atoms with van der Waals surface area (Å²) in [6.07, 6.45) is 5.96. The van der Waals surface area contributed by atoms with E-state index in [1.165, 1.54) is 18.8 Å². The second-order valence-electron chi connectivity index (χ2n) is 6.12. The molecule has 22 heavy (non-hydrogen) atoms. The van der Waals surface area contributed by atoms with Gasteiger partial charge in [-0.3, -0.25) is 0 Å². The molecule has 2 aromatic heterocycles. The van der Waals surface area contributed by atoms with E-state index >= 15 is 0 Å². The number of halogens is 1. The summed E-state index contributed by atoms with van der Waals surface area (Å²) >= 11 is 1.59. The van der Waals surface area contributed by atoms with Crippen molar-refractivity contribution in [1.29, 1.82) is 0 Å². The summed E-state index contributed by atoms with van der Waals surface area (Å²) in [5.74, 6) is 0.240. The number of hydrogen-bond donors (Lipinski definition) is 0. The molecule has 0 N–H and O–H groups in total. The number of piperidine rings is 1. The number of hydrogen-bond acceptors (Lipinski definition) is 7. The molecule has 1 atom stereocenters. The maximum absolute atomic E-state index is 13.0. The van der Waals surface area contributed by atoms with Crippen molar-refractivity contribution in [2.75, 3.05) is 36.0 Å². The molecule has 1 spiro atoms. The van der Waals surface area contributed by atoms with E-state index in [0.717, 1.165) is 44.2 Å². The van der Waals surface area contributed by atoms with Crippen molar-refractivity contribution in [1.82, 2.24) is 20.2 Å². The first-order valence-electron chi connectivity index (χ1n) is 7.48. The van der Waals surface area contributed by atoms with Gasteiger partial charge in [0.25, 0.3) is 0 Å². The van der Waals surface area contributed by atoms with Crippen LogP contribution in [-0.2, 0) is 0 Å². The zero-order valence-electron chi connectivity index (χ0n) is 12.2. The Hall–Kier alpha value is -1.83. The van der Waals surface area contributed by atoms with Gasteiger partial charge in [-0.1, -0.05) is 11.3 Å². The molecule has 0 radical (unpaired) electrons. The molecule has 2 fully saturated rings. The smallest absolute Gasteiger partial charge is 0.225 e. The van der Waals surface area contributed by atoms with Crippen LogP contribution in [0.5, 0.6) is 0 Å². The van der Waals surface area contributed by atoms with E-state index in [-0.39, 0.29) is 5.41 Å². The standard InChI is InChI=1S/C14H17FN6S/c15-11-6-16-12(17-7-11)20-5-3-14(8-20)2-1-4-21(9-14)13-19-18-10-22-13/h6-7,10H,1-5,8-9H2. The Morgan fingerprint density at radius 3 is 2.68 bits per heavy atom. The molecular formula is C14H17FN6S. The molecule has 2 aliphatic rings. The summed E-state index contributed by atoms with van der Waals surface area (Å²) in [7, 11) is 0. The van der Waals surface area contributed by atoms with Gasteiger partial charge in [0.15, 0.2) is 5.82 Å². The number of nitrogens with zero attached hydrogens (tertiary/aromatic N) is 6. The number of anilines is 2. The Kier molecular flexibility index (Phi) is 3.40. The minimum Gasteiger partial charge on any atom is -0.346 e. The monoisotopic (exact) mass is 320 g/mol. The van der Waals surface area contributed by atoms with Crippen LogP contribution in [0.4, 0.5) is 15.5 Å². The van der Waals surface area contributed by atoms with Crippen LogP contribution in [0.3, 0.4) is 0 Å². The lowest BCUT2D eigenvalue weighted by Gasteiger charge is -2.40. The summed E-state index contributed by atoms with van der Waals surface area (Å²) in [5.41, 5.74) is 2.03. The third kappa shape index (κ3) is 2.51. The Balaban J connectivity index is 1.49. The Morgan fingerprint density at radius 2 is 1.91 bits per heavy atom. The summed E-state index contributed by atoms with van der Waals surface area (Å²) in [6.45, 7) is 3.90. The lowest BCUT2D eigenvalue weighted by Crippen LogP contribution is -2.45. The Bertz CT molecular complexity index is 633. The largest absolute Gasteiger partial charge is 0.346 e. The van der Waals surface area contributed by atoms with Gasteiger partial charge >= 0.3 is 0 Å². The number of rotatable bonds is 2. The zero-order valence-corrected chi connectivity index (χ0v) is 13.0. The van der Waals surface area contributed by atoms with Crippen molar-refractivity contribution in [2.24, 2.45) is 5.41 Å². The highest BCUT2D eigenvalue weighted by Gasteiger charge is 2.42. The molecule has 0 aromatic carbocycles. The fraction of sp³-hybridized carbons (Fsp3) is 0.571. The molecule has 0 amide bonds. The minimum atomic E-state index is -0.391. The van der Waals surface area contributed by atoms with Crippen LogP contribution in [-0.4, -0.2) is 46.3 Å². The highest BCUT2D eigenvalue weighted by atomic mass is 32.1. The first kappa shape index (κ1) is 13.8. The molecule has 2 saturated heterocycles. The highest BCUT2D eigenvalue weighted by Crippen LogP contribution is 2.41. The predicted octanol–water partition coefficient (Wildman–Crippen LogP) is 1.96. The average Bonchev–Trinajstić information content (AvgIpc) is 3.19. The van der Waals surface area contributed by atoms with Gasteiger partial charge in [-0.05, 0) is 19.3 Å². The van der Waals surface area contributed by atoms with Gasteiger partial charge in [-0.2, -0.15) is 0 Å².